The lowest BCUT2D eigenvalue weighted by Gasteiger charge is -2.09. The van der Waals surface area contributed by atoms with E-state index in [1.165, 1.54) is 27.8 Å². The molecular formula is C22H19N5OS2. The molecule has 0 unspecified atom stereocenters. The van der Waals surface area contributed by atoms with Crippen molar-refractivity contribution in [2.45, 2.75) is 43.5 Å². The molecule has 0 radical (unpaired) electrons. The first-order valence-electron chi connectivity index (χ1n) is 10.1. The number of rotatable bonds is 3. The second kappa shape index (κ2) is 6.92. The Morgan fingerprint density at radius 2 is 2.07 bits per heavy atom. The summed E-state index contributed by atoms with van der Waals surface area (Å²) in [5.74, 6) is 1.22. The third kappa shape index (κ3) is 2.78. The zero-order valence-electron chi connectivity index (χ0n) is 16.4. The molecule has 4 heterocycles. The summed E-state index contributed by atoms with van der Waals surface area (Å²) in [7, 11) is 0. The average molecular weight is 434 g/mol. The van der Waals surface area contributed by atoms with E-state index in [9.17, 15) is 4.79 Å². The highest BCUT2D eigenvalue weighted by Crippen LogP contribution is 2.34. The number of thioether (sulfide) groups is 1. The molecule has 0 atom stereocenters. The van der Waals surface area contributed by atoms with E-state index in [-0.39, 0.29) is 5.56 Å². The van der Waals surface area contributed by atoms with E-state index in [0.717, 1.165) is 45.8 Å². The molecular weight excluding hydrogens is 414 g/mol. The Hall–Kier alpha value is -2.71. The SMILES string of the molecule is Cc1cc2nnc(SCc3nc4sc5c(c4c(=O)[nH]3)CCCC5)n2c2ccccc12. The Labute approximate surface area is 180 Å². The lowest BCUT2D eigenvalue weighted by atomic mass is 9.97. The number of nitrogens with zero attached hydrogens (tertiary/aromatic N) is 4. The van der Waals surface area contributed by atoms with Crippen LogP contribution in [-0.4, -0.2) is 24.6 Å². The summed E-state index contributed by atoms with van der Waals surface area (Å²) in [6.45, 7) is 2.09. The first kappa shape index (κ1) is 18.1. The van der Waals surface area contributed by atoms with Crippen molar-refractivity contribution in [1.29, 1.82) is 0 Å². The first-order valence-corrected chi connectivity index (χ1v) is 11.9. The Morgan fingerprint density at radius 3 is 3.00 bits per heavy atom. The van der Waals surface area contributed by atoms with Gasteiger partial charge >= 0.3 is 0 Å². The average Bonchev–Trinajstić information content (AvgIpc) is 3.33. The van der Waals surface area contributed by atoms with Gasteiger partial charge in [0.2, 0.25) is 0 Å². The topological polar surface area (TPSA) is 75.9 Å². The van der Waals surface area contributed by atoms with Crippen LogP contribution in [0.25, 0.3) is 26.8 Å². The third-order valence-electron chi connectivity index (χ3n) is 5.79. The quantitative estimate of drug-likeness (QED) is 0.419. The number of hydrogen-bond donors (Lipinski definition) is 1. The summed E-state index contributed by atoms with van der Waals surface area (Å²) >= 11 is 3.23. The number of para-hydroxylation sites is 1. The van der Waals surface area contributed by atoms with Crippen LogP contribution in [0.3, 0.4) is 0 Å². The third-order valence-corrected chi connectivity index (χ3v) is 7.91. The molecule has 0 amide bonds. The van der Waals surface area contributed by atoms with E-state index in [1.807, 2.05) is 12.1 Å². The first-order chi connectivity index (χ1) is 14.7. The summed E-state index contributed by atoms with van der Waals surface area (Å²) in [6, 6.07) is 10.3. The maximum Gasteiger partial charge on any atom is 0.259 e. The summed E-state index contributed by atoms with van der Waals surface area (Å²) in [6.07, 6.45) is 4.42. The maximum absolute atomic E-state index is 12.8. The zero-order chi connectivity index (χ0) is 20.2. The molecule has 4 aromatic heterocycles. The molecule has 150 valence electrons. The Bertz CT molecular complexity index is 1500. The molecule has 1 aromatic carbocycles. The van der Waals surface area contributed by atoms with Crippen molar-refractivity contribution in [3.63, 3.8) is 0 Å². The van der Waals surface area contributed by atoms with Crippen LogP contribution < -0.4 is 5.56 Å². The van der Waals surface area contributed by atoms with Crippen LogP contribution in [0.1, 0.15) is 34.7 Å². The molecule has 0 spiro atoms. The van der Waals surface area contributed by atoms with Crippen molar-refractivity contribution in [2.24, 2.45) is 0 Å². The van der Waals surface area contributed by atoms with E-state index >= 15 is 0 Å². The van der Waals surface area contributed by atoms with Gasteiger partial charge in [0, 0.05) is 10.3 Å². The Balaban J connectivity index is 1.39. The molecule has 0 fully saturated rings. The number of fused-ring (bicyclic) bond motifs is 6. The number of benzene rings is 1. The van der Waals surface area contributed by atoms with Crippen molar-refractivity contribution >= 4 is 49.9 Å². The zero-order valence-corrected chi connectivity index (χ0v) is 18.1. The van der Waals surface area contributed by atoms with Gasteiger partial charge in [-0.15, -0.1) is 21.5 Å². The number of H-pyrrole nitrogens is 1. The molecule has 1 aliphatic carbocycles. The molecule has 0 bridgehead atoms. The Morgan fingerprint density at radius 1 is 1.20 bits per heavy atom. The second-order valence-electron chi connectivity index (χ2n) is 7.71. The van der Waals surface area contributed by atoms with Gasteiger partial charge in [-0.05, 0) is 55.9 Å². The van der Waals surface area contributed by atoms with Gasteiger partial charge in [0.1, 0.15) is 10.7 Å². The fourth-order valence-corrected chi connectivity index (χ4v) is 6.48. The minimum absolute atomic E-state index is 0.0119. The van der Waals surface area contributed by atoms with Gasteiger partial charge in [-0.3, -0.25) is 9.20 Å². The van der Waals surface area contributed by atoms with Gasteiger partial charge < -0.3 is 4.98 Å². The molecule has 5 aromatic rings. The van der Waals surface area contributed by atoms with E-state index < -0.39 is 0 Å². The standard InChI is InChI=1S/C22H19N5OS2/c1-12-10-18-25-26-22(27(18)15-8-4-2-6-13(12)15)29-11-17-23-20(28)19-14-7-3-5-9-16(14)30-21(19)24-17/h2,4,6,8,10H,3,5,7,9,11H2,1H3,(H,23,24,28). The minimum Gasteiger partial charge on any atom is -0.309 e. The number of aryl methyl sites for hydroxylation is 3. The van der Waals surface area contributed by atoms with E-state index in [2.05, 4.69) is 44.7 Å². The number of aromatic nitrogens is 5. The van der Waals surface area contributed by atoms with Gasteiger partial charge in [0.25, 0.3) is 5.56 Å². The molecule has 30 heavy (non-hydrogen) atoms. The second-order valence-corrected chi connectivity index (χ2v) is 9.74. The molecule has 1 N–H and O–H groups in total. The number of aromatic amines is 1. The summed E-state index contributed by atoms with van der Waals surface area (Å²) in [5.41, 5.74) is 4.31. The minimum atomic E-state index is -0.0119. The number of hydrogen-bond acceptors (Lipinski definition) is 6. The molecule has 6 rings (SSSR count). The summed E-state index contributed by atoms with van der Waals surface area (Å²) in [5, 5.41) is 11.5. The predicted molar refractivity (Wildman–Crippen MR) is 122 cm³/mol. The fraction of sp³-hybridized carbons (Fsp3) is 0.273. The highest BCUT2D eigenvalue weighted by molar-refractivity contribution is 7.98. The number of nitrogens with one attached hydrogen (secondary N) is 1. The van der Waals surface area contributed by atoms with Gasteiger partial charge in [0.05, 0.1) is 16.7 Å². The van der Waals surface area contributed by atoms with Crippen LogP contribution in [0.2, 0.25) is 0 Å². The van der Waals surface area contributed by atoms with Crippen molar-refractivity contribution in [1.82, 2.24) is 24.6 Å². The van der Waals surface area contributed by atoms with E-state index in [1.54, 1.807) is 23.1 Å². The molecule has 0 saturated carbocycles. The fourth-order valence-electron chi connectivity index (χ4n) is 4.38. The summed E-state index contributed by atoms with van der Waals surface area (Å²) < 4.78 is 2.08. The smallest absolute Gasteiger partial charge is 0.259 e. The van der Waals surface area contributed by atoms with Crippen molar-refractivity contribution in [2.75, 3.05) is 0 Å². The Kier molecular flexibility index (Phi) is 4.17. The summed E-state index contributed by atoms with van der Waals surface area (Å²) in [4.78, 5) is 22.8. The monoisotopic (exact) mass is 433 g/mol. The van der Waals surface area contributed by atoms with Crippen LogP contribution in [0.5, 0.6) is 0 Å². The number of thiophene rings is 1. The highest BCUT2D eigenvalue weighted by Gasteiger charge is 2.20. The van der Waals surface area contributed by atoms with Gasteiger partial charge in [-0.1, -0.05) is 30.0 Å². The van der Waals surface area contributed by atoms with Crippen LogP contribution in [-0.2, 0) is 18.6 Å². The molecule has 8 heteroatoms. The highest BCUT2D eigenvalue weighted by atomic mass is 32.2. The largest absolute Gasteiger partial charge is 0.309 e. The number of pyridine rings is 1. The van der Waals surface area contributed by atoms with Crippen molar-refractivity contribution in [3.05, 3.63) is 62.5 Å². The van der Waals surface area contributed by atoms with Gasteiger partial charge in [-0.25, -0.2) is 4.98 Å². The van der Waals surface area contributed by atoms with Crippen molar-refractivity contribution < 1.29 is 0 Å². The maximum atomic E-state index is 12.8. The molecule has 6 nitrogen and oxygen atoms in total. The van der Waals surface area contributed by atoms with Crippen LogP contribution in [0.4, 0.5) is 0 Å². The van der Waals surface area contributed by atoms with Crippen LogP contribution in [0.15, 0.2) is 40.3 Å². The van der Waals surface area contributed by atoms with Crippen LogP contribution >= 0.6 is 23.1 Å². The van der Waals surface area contributed by atoms with Gasteiger partial charge in [0.15, 0.2) is 10.8 Å². The van der Waals surface area contributed by atoms with E-state index in [4.69, 9.17) is 4.98 Å². The molecule has 1 aliphatic rings. The van der Waals surface area contributed by atoms with Crippen molar-refractivity contribution in [3.8, 4) is 0 Å². The molecule has 0 aliphatic heterocycles. The van der Waals surface area contributed by atoms with Gasteiger partial charge in [-0.2, -0.15) is 0 Å². The lowest BCUT2D eigenvalue weighted by molar-refractivity contribution is 0.700. The van der Waals surface area contributed by atoms with Crippen LogP contribution in [0, 0.1) is 6.92 Å². The molecule has 0 saturated heterocycles. The normalized spacial score (nSPS) is 14.0. The predicted octanol–water partition coefficient (Wildman–Crippen LogP) is 4.66. The van der Waals surface area contributed by atoms with E-state index in [0.29, 0.717) is 11.6 Å². The lowest BCUT2D eigenvalue weighted by Crippen LogP contribution is -2.12.